The summed E-state index contributed by atoms with van der Waals surface area (Å²) in [4.78, 5) is 14.4. The van der Waals surface area contributed by atoms with Crippen LogP contribution in [0.15, 0.2) is 30.3 Å². The van der Waals surface area contributed by atoms with Crippen molar-refractivity contribution in [1.29, 1.82) is 0 Å². The molecular weight excluding hydrogens is 338 g/mol. The van der Waals surface area contributed by atoms with Gasteiger partial charge in [-0.2, -0.15) is 0 Å². The molecule has 7 nitrogen and oxygen atoms in total. The van der Waals surface area contributed by atoms with E-state index in [-0.39, 0.29) is 31.1 Å². The number of aliphatic hydroxyl groups is 1. The highest BCUT2D eigenvalue weighted by atomic mass is 16.7. The lowest BCUT2D eigenvalue weighted by Crippen LogP contribution is -2.64. The lowest BCUT2D eigenvalue weighted by atomic mass is 9.79. The van der Waals surface area contributed by atoms with Crippen LogP contribution in [0.1, 0.15) is 24.8 Å². The minimum Gasteiger partial charge on any atom is -0.445 e. The lowest BCUT2D eigenvalue weighted by Gasteiger charge is -2.51. The molecule has 4 rings (SSSR count). The highest BCUT2D eigenvalue weighted by Crippen LogP contribution is 2.38. The van der Waals surface area contributed by atoms with Crippen LogP contribution in [-0.4, -0.2) is 66.5 Å². The van der Waals surface area contributed by atoms with Crippen molar-refractivity contribution in [2.24, 2.45) is 0 Å². The van der Waals surface area contributed by atoms with Gasteiger partial charge in [0.2, 0.25) is 0 Å². The lowest BCUT2D eigenvalue weighted by molar-refractivity contribution is -0.164. The van der Waals surface area contributed by atoms with Crippen LogP contribution in [0.5, 0.6) is 0 Å². The van der Waals surface area contributed by atoms with Crippen molar-refractivity contribution in [3.63, 3.8) is 0 Å². The zero-order valence-corrected chi connectivity index (χ0v) is 14.7. The number of carbonyl (C=O) groups is 1. The molecule has 3 aliphatic heterocycles. The van der Waals surface area contributed by atoms with Crippen molar-refractivity contribution in [3.05, 3.63) is 35.9 Å². The summed E-state index contributed by atoms with van der Waals surface area (Å²) in [6, 6.07) is 9.21. The van der Waals surface area contributed by atoms with Gasteiger partial charge in [-0.05, 0) is 18.4 Å². The number of rotatable bonds is 4. The molecule has 0 aromatic heterocycles. The summed E-state index contributed by atoms with van der Waals surface area (Å²) in [6.07, 6.45) is 0.591. The number of morpholine rings is 1. The molecule has 1 N–H and O–H groups in total. The summed E-state index contributed by atoms with van der Waals surface area (Å²) in [5, 5.41) is 11.1. The second kappa shape index (κ2) is 7.52. The standard InChI is InChI=1S/C19H25NO6/c21-18(26-11-14-4-2-1-3-5-14)20-15-8-19(22,9-16(20)13-23-12-15)10-17-24-6-7-25-17/h1-5,15-17,22H,6-13H2. The van der Waals surface area contributed by atoms with E-state index in [0.717, 1.165) is 5.56 Å². The summed E-state index contributed by atoms with van der Waals surface area (Å²) in [7, 11) is 0. The van der Waals surface area contributed by atoms with Gasteiger partial charge in [-0.3, -0.25) is 4.90 Å². The maximum atomic E-state index is 12.7. The largest absolute Gasteiger partial charge is 0.445 e. The molecule has 2 bridgehead atoms. The first-order chi connectivity index (χ1) is 12.6. The molecule has 1 aromatic carbocycles. The van der Waals surface area contributed by atoms with E-state index in [9.17, 15) is 9.90 Å². The van der Waals surface area contributed by atoms with Gasteiger partial charge in [0.05, 0.1) is 44.1 Å². The van der Waals surface area contributed by atoms with Crippen LogP contribution in [0, 0.1) is 0 Å². The van der Waals surface area contributed by atoms with Crippen molar-refractivity contribution in [3.8, 4) is 0 Å². The predicted molar refractivity (Wildman–Crippen MR) is 91.4 cm³/mol. The number of carbonyl (C=O) groups excluding carboxylic acids is 1. The zero-order valence-electron chi connectivity index (χ0n) is 14.7. The Morgan fingerprint density at radius 3 is 2.46 bits per heavy atom. The zero-order chi connectivity index (χ0) is 18.0. The van der Waals surface area contributed by atoms with Gasteiger partial charge < -0.3 is 24.1 Å². The van der Waals surface area contributed by atoms with Crippen molar-refractivity contribution < 1.29 is 28.8 Å². The molecule has 3 aliphatic rings. The maximum absolute atomic E-state index is 12.7. The van der Waals surface area contributed by atoms with Gasteiger partial charge in [-0.15, -0.1) is 0 Å². The number of amides is 1. The monoisotopic (exact) mass is 363 g/mol. The van der Waals surface area contributed by atoms with Crippen LogP contribution in [0.4, 0.5) is 4.79 Å². The minimum absolute atomic E-state index is 0.197. The number of hydrogen-bond acceptors (Lipinski definition) is 6. The van der Waals surface area contributed by atoms with E-state index in [2.05, 4.69) is 0 Å². The number of nitrogens with zero attached hydrogens (tertiary/aromatic N) is 1. The van der Waals surface area contributed by atoms with Crippen molar-refractivity contribution >= 4 is 6.09 Å². The predicted octanol–water partition coefficient (Wildman–Crippen LogP) is 1.68. The van der Waals surface area contributed by atoms with E-state index >= 15 is 0 Å². The number of benzene rings is 1. The molecule has 3 fully saturated rings. The first-order valence-electron chi connectivity index (χ1n) is 9.15. The van der Waals surface area contributed by atoms with Crippen LogP contribution < -0.4 is 0 Å². The molecule has 0 spiro atoms. The Kier molecular flexibility index (Phi) is 5.13. The van der Waals surface area contributed by atoms with E-state index in [1.54, 1.807) is 4.90 Å². The smallest absolute Gasteiger partial charge is 0.410 e. The molecule has 0 saturated carbocycles. The molecule has 1 aromatic rings. The summed E-state index contributed by atoms with van der Waals surface area (Å²) in [6.45, 7) is 2.19. The first kappa shape index (κ1) is 17.7. The summed E-state index contributed by atoms with van der Waals surface area (Å²) in [5.41, 5.74) is 0.0379. The number of fused-ring (bicyclic) bond motifs is 2. The third-order valence-corrected chi connectivity index (χ3v) is 5.29. The molecule has 0 aliphatic carbocycles. The van der Waals surface area contributed by atoms with E-state index < -0.39 is 5.60 Å². The Bertz CT molecular complexity index is 604. The van der Waals surface area contributed by atoms with Gasteiger partial charge in [0.25, 0.3) is 0 Å². The van der Waals surface area contributed by atoms with Crippen LogP contribution in [-0.2, 0) is 25.6 Å². The Morgan fingerprint density at radius 1 is 1.15 bits per heavy atom. The SMILES string of the molecule is O=C(OCc1ccccc1)N1C2COCC1CC(O)(CC1OCCO1)C2. The third kappa shape index (κ3) is 3.86. The quantitative estimate of drug-likeness (QED) is 0.877. The van der Waals surface area contributed by atoms with Gasteiger partial charge in [0, 0.05) is 6.42 Å². The molecule has 7 heteroatoms. The van der Waals surface area contributed by atoms with Gasteiger partial charge in [-0.25, -0.2) is 4.79 Å². The van der Waals surface area contributed by atoms with Crippen LogP contribution in [0.3, 0.4) is 0 Å². The van der Waals surface area contributed by atoms with Gasteiger partial charge >= 0.3 is 6.09 Å². The molecule has 3 heterocycles. The van der Waals surface area contributed by atoms with Crippen LogP contribution >= 0.6 is 0 Å². The van der Waals surface area contributed by atoms with Gasteiger partial charge in [-0.1, -0.05) is 30.3 Å². The summed E-state index contributed by atoms with van der Waals surface area (Å²) < 4.78 is 22.1. The molecule has 26 heavy (non-hydrogen) atoms. The Morgan fingerprint density at radius 2 is 1.81 bits per heavy atom. The fourth-order valence-corrected chi connectivity index (χ4v) is 4.17. The fourth-order valence-electron chi connectivity index (χ4n) is 4.17. The van der Waals surface area contributed by atoms with E-state index in [1.807, 2.05) is 30.3 Å². The normalized spacial score (nSPS) is 31.8. The van der Waals surface area contributed by atoms with E-state index in [4.69, 9.17) is 18.9 Å². The van der Waals surface area contributed by atoms with Crippen molar-refractivity contribution in [2.75, 3.05) is 26.4 Å². The van der Waals surface area contributed by atoms with Crippen molar-refractivity contribution in [2.45, 2.75) is 49.8 Å². The Hall–Kier alpha value is -1.67. The van der Waals surface area contributed by atoms with E-state index in [0.29, 0.717) is 45.7 Å². The topological polar surface area (TPSA) is 77.5 Å². The molecule has 2 unspecified atom stereocenters. The number of ether oxygens (including phenoxy) is 4. The molecule has 3 saturated heterocycles. The van der Waals surface area contributed by atoms with Gasteiger partial charge in [0.15, 0.2) is 6.29 Å². The van der Waals surface area contributed by atoms with Crippen LogP contribution in [0.25, 0.3) is 0 Å². The second-order valence-corrected chi connectivity index (χ2v) is 7.30. The number of piperidine rings is 1. The van der Waals surface area contributed by atoms with Crippen molar-refractivity contribution in [1.82, 2.24) is 4.90 Å². The molecule has 142 valence electrons. The Balaban J connectivity index is 1.39. The third-order valence-electron chi connectivity index (χ3n) is 5.29. The summed E-state index contributed by atoms with van der Waals surface area (Å²) >= 11 is 0. The first-order valence-corrected chi connectivity index (χ1v) is 9.15. The highest BCUT2D eigenvalue weighted by Gasteiger charge is 2.49. The molecule has 1 amide bonds. The summed E-state index contributed by atoms with van der Waals surface area (Å²) in [5.74, 6) is 0. The minimum atomic E-state index is -0.912. The average Bonchev–Trinajstić information content (AvgIpc) is 3.12. The highest BCUT2D eigenvalue weighted by molar-refractivity contribution is 5.69. The molecule has 0 radical (unpaired) electrons. The molecular formula is C19H25NO6. The fraction of sp³-hybridized carbons (Fsp3) is 0.632. The maximum Gasteiger partial charge on any atom is 0.410 e. The molecule has 2 atom stereocenters. The average molecular weight is 363 g/mol. The second-order valence-electron chi connectivity index (χ2n) is 7.30. The Labute approximate surface area is 152 Å². The van der Waals surface area contributed by atoms with E-state index in [1.165, 1.54) is 0 Å². The number of hydrogen-bond donors (Lipinski definition) is 1. The van der Waals surface area contributed by atoms with Gasteiger partial charge in [0.1, 0.15) is 6.61 Å². The van der Waals surface area contributed by atoms with Crippen LogP contribution in [0.2, 0.25) is 0 Å².